The van der Waals surface area contributed by atoms with Crippen molar-refractivity contribution in [3.8, 4) is 0 Å². The zero-order valence-electron chi connectivity index (χ0n) is 9.86. The van der Waals surface area contributed by atoms with Crippen LogP contribution in [0.25, 0.3) is 0 Å². The van der Waals surface area contributed by atoms with E-state index in [0.29, 0.717) is 0 Å². The van der Waals surface area contributed by atoms with Crippen molar-refractivity contribution < 1.29 is 0 Å². The highest BCUT2D eigenvalue weighted by Crippen LogP contribution is 2.64. The summed E-state index contributed by atoms with van der Waals surface area (Å²) in [4.78, 5) is 0. The van der Waals surface area contributed by atoms with Crippen LogP contribution in [0.4, 0.5) is 0 Å². The second-order valence-electron chi connectivity index (χ2n) is 5.03. The number of unbranched alkanes of at least 4 members (excludes halogenated alkanes) is 1. The molecular formula is C12H26S. The van der Waals surface area contributed by atoms with Crippen LogP contribution in [0.5, 0.6) is 0 Å². The molecule has 0 atom stereocenters. The van der Waals surface area contributed by atoms with Gasteiger partial charge in [-0.05, 0) is 48.2 Å². The molecule has 0 aromatic rings. The minimum Gasteiger partial charge on any atom is -0.243 e. The fraction of sp³-hybridized carbons (Fsp3) is 1.00. The maximum atomic E-state index is 2.58. The summed E-state index contributed by atoms with van der Waals surface area (Å²) in [5, 5.41) is 0. The van der Waals surface area contributed by atoms with Gasteiger partial charge in [-0.2, -0.15) is 0 Å². The van der Waals surface area contributed by atoms with Crippen LogP contribution < -0.4 is 0 Å². The second kappa shape index (κ2) is 4.25. The molecule has 0 aromatic heterocycles. The van der Waals surface area contributed by atoms with Gasteiger partial charge in [0.15, 0.2) is 0 Å². The summed E-state index contributed by atoms with van der Waals surface area (Å²) in [6.07, 6.45) is 8.26. The maximum absolute atomic E-state index is 2.58. The third kappa shape index (κ3) is 2.43. The van der Waals surface area contributed by atoms with E-state index in [1.54, 1.807) is 17.3 Å². The molecule has 0 nitrogen and oxygen atoms in total. The summed E-state index contributed by atoms with van der Waals surface area (Å²) in [5.74, 6) is 4.70. The molecule has 1 rings (SSSR count). The molecule has 1 saturated heterocycles. The fourth-order valence-corrected chi connectivity index (χ4v) is 7.69. The first-order chi connectivity index (χ1) is 6.10. The Morgan fingerprint density at radius 3 is 2.00 bits per heavy atom. The van der Waals surface area contributed by atoms with E-state index >= 15 is 0 Å². The molecule has 0 N–H and O–H groups in total. The predicted octanol–water partition coefficient (Wildman–Crippen LogP) is 4.04. The first kappa shape index (κ1) is 11.4. The SMILES string of the molecule is CCCCS1(C)CC(CC)(CC)C1. The van der Waals surface area contributed by atoms with Gasteiger partial charge in [-0.15, -0.1) is 0 Å². The lowest BCUT2D eigenvalue weighted by atomic mass is 9.86. The van der Waals surface area contributed by atoms with Gasteiger partial charge in [0.2, 0.25) is 0 Å². The van der Waals surface area contributed by atoms with Gasteiger partial charge in [0.05, 0.1) is 0 Å². The van der Waals surface area contributed by atoms with E-state index in [-0.39, 0.29) is 10.0 Å². The molecule has 1 heterocycles. The van der Waals surface area contributed by atoms with E-state index in [0.717, 1.165) is 5.41 Å². The van der Waals surface area contributed by atoms with E-state index in [9.17, 15) is 0 Å². The van der Waals surface area contributed by atoms with E-state index in [2.05, 4.69) is 27.0 Å². The molecule has 0 aliphatic carbocycles. The van der Waals surface area contributed by atoms with Gasteiger partial charge in [0, 0.05) is 0 Å². The van der Waals surface area contributed by atoms with Gasteiger partial charge in [0.1, 0.15) is 0 Å². The van der Waals surface area contributed by atoms with Crippen molar-refractivity contribution in [2.75, 3.05) is 23.5 Å². The number of hydrogen-bond donors (Lipinski definition) is 0. The van der Waals surface area contributed by atoms with Crippen LogP contribution in [0, 0.1) is 5.41 Å². The van der Waals surface area contributed by atoms with Crippen LogP contribution in [0.3, 0.4) is 0 Å². The first-order valence-corrected chi connectivity index (χ1v) is 8.36. The third-order valence-corrected chi connectivity index (χ3v) is 7.69. The summed E-state index contributed by atoms with van der Waals surface area (Å²) in [5.41, 5.74) is 0.776. The standard InChI is InChI=1S/C12H26S/c1-5-8-9-13(4)10-12(6-2,7-3)11-13/h5-11H2,1-4H3. The van der Waals surface area contributed by atoms with Crippen LogP contribution in [-0.4, -0.2) is 23.5 Å². The van der Waals surface area contributed by atoms with E-state index in [1.165, 1.54) is 25.7 Å². The second-order valence-corrected chi connectivity index (χ2v) is 8.97. The lowest BCUT2D eigenvalue weighted by Gasteiger charge is -2.59. The van der Waals surface area contributed by atoms with Gasteiger partial charge in [0.25, 0.3) is 0 Å². The number of hydrogen-bond acceptors (Lipinski definition) is 0. The van der Waals surface area contributed by atoms with Crippen molar-refractivity contribution in [2.24, 2.45) is 5.41 Å². The predicted molar refractivity (Wildman–Crippen MR) is 66.0 cm³/mol. The Kier molecular flexibility index (Phi) is 3.73. The van der Waals surface area contributed by atoms with Gasteiger partial charge in [-0.1, -0.05) is 27.2 Å². The Morgan fingerprint density at radius 2 is 1.62 bits per heavy atom. The Hall–Kier alpha value is 0.350. The topological polar surface area (TPSA) is 0 Å². The molecule has 0 radical (unpaired) electrons. The van der Waals surface area contributed by atoms with Crippen molar-refractivity contribution in [3.05, 3.63) is 0 Å². The normalized spacial score (nSPS) is 26.5. The van der Waals surface area contributed by atoms with Crippen LogP contribution >= 0.6 is 10.0 Å². The van der Waals surface area contributed by atoms with Crippen LogP contribution in [0.1, 0.15) is 46.5 Å². The van der Waals surface area contributed by atoms with Gasteiger partial charge in [-0.25, -0.2) is 10.0 Å². The lowest BCUT2D eigenvalue weighted by Crippen LogP contribution is -2.45. The summed E-state index contributed by atoms with van der Waals surface area (Å²) < 4.78 is 0. The minimum atomic E-state index is -0.133. The van der Waals surface area contributed by atoms with E-state index in [1.807, 2.05) is 0 Å². The van der Waals surface area contributed by atoms with Crippen molar-refractivity contribution >= 4 is 10.0 Å². The molecule has 1 aliphatic heterocycles. The van der Waals surface area contributed by atoms with Crippen molar-refractivity contribution in [3.63, 3.8) is 0 Å². The molecule has 13 heavy (non-hydrogen) atoms. The molecule has 0 amide bonds. The smallest absolute Gasteiger partial charge is 0.0151 e. The van der Waals surface area contributed by atoms with Gasteiger partial charge in [-0.3, -0.25) is 0 Å². The van der Waals surface area contributed by atoms with E-state index in [4.69, 9.17) is 0 Å². The Labute approximate surface area is 85.8 Å². The Balaban J connectivity index is 2.36. The molecule has 0 unspecified atom stereocenters. The lowest BCUT2D eigenvalue weighted by molar-refractivity contribution is 0.325. The monoisotopic (exact) mass is 202 g/mol. The third-order valence-electron chi connectivity index (χ3n) is 3.80. The zero-order chi connectivity index (χ0) is 9.95. The molecule has 1 aliphatic rings. The van der Waals surface area contributed by atoms with Crippen LogP contribution in [0.2, 0.25) is 0 Å². The quantitative estimate of drug-likeness (QED) is 0.631. The summed E-state index contributed by atoms with van der Waals surface area (Å²) in [6, 6.07) is 0. The highest BCUT2D eigenvalue weighted by molar-refractivity contribution is 8.34. The van der Waals surface area contributed by atoms with Crippen LogP contribution in [0.15, 0.2) is 0 Å². The largest absolute Gasteiger partial charge is 0.243 e. The Morgan fingerprint density at radius 1 is 1.08 bits per heavy atom. The molecular weight excluding hydrogens is 176 g/mol. The van der Waals surface area contributed by atoms with Crippen molar-refractivity contribution in [1.29, 1.82) is 0 Å². The molecule has 0 aromatic carbocycles. The zero-order valence-corrected chi connectivity index (χ0v) is 10.7. The summed E-state index contributed by atoms with van der Waals surface area (Å²) in [6.45, 7) is 7.07. The number of rotatable bonds is 5. The van der Waals surface area contributed by atoms with E-state index < -0.39 is 0 Å². The highest BCUT2D eigenvalue weighted by Gasteiger charge is 2.45. The van der Waals surface area contributed by atoms with Crippen molar-refractivity contribution in [2.45, 2.75) is 46.5 Å². The molecule has 80 valence electrons. The highest BCUT2D eigenvalue weighted by atomic mass is 32.3. The molecule has 1 fully saturated rings. The molecule has 0 spiro atoms. The van der Waals surface area contributed by atoms with Crippen molar-refractivity contribution in [1.82, 2.24) is 0 Å². The Bertz CT molecular complexity index is 151. The van der Waals surface area contributed by atoms with Gasteiger partial charge < -0.3 is 0 Å². The molecule has 0 saturated carbocycles. The van der Waals surface area contributed by atoms with Crippen LogP contribution in [-0.2, 0) is 0 Å². The molecule has 1 heteroatoms. The van der Waals surface area contributed by atoms with Gasteiger partial charge >= 0.3 is 0 Å². The minimum absolute atomic E-state index is 0.133. The molecule has 0 bridgehead atoms. The first-order valence-electron chi connectivity index (χ1n) is 5.81. The average molecular weight is 202 g/mol. The summed E-state index contributed by atoms with van der Waals surface area (Å²) >= 11 is 0. The summed E-state index contributed by atoms with van der Waals surface area (Å²) in [7, 11) is -0.133. The maximum Gasteiger partial charge on any atom is -0.0151 e. The fourth-order valence-electron chi connectivity index (χ4n) is 2.73. The average Bonchev–Trinajstić information content (AvgIpc) is 2.10.